The van der Waals surface area contributed by atoms with Gasteiger partial charge in [0.1, 0.15) is 17.9 Å². The number of hydrogen-bond acceptors (Lipinski definition) is 4. The first kappa shape index (κ1) is 18.6. The fourth-order valence-electron chi connectivity index (χ4n) is 1.92. The maximum absolute atomic E-state index is 12.1. The number of aromatic nitrogens is 3. The van der Waals surface area contributed by atoms with Gasteiger partial charge in [-0.15, -0.1) is 0 Å². The Labute approximate surface area is 142 Å². The molecule has 1 heterocycles. The quantitative estimate of drug-likeness (QED) is 0.608. The number of hydrogen-bond donors (Lipinski definition) is 2. The van der Waals surface area contributed by atoms with Crippen molar-refractivity contribution < 1.29 is 17.9 Å². The summed E-state index contributed by atoms with van der Waals surface area (Å²) < 4.78 is 42.6. The van der Waals surface area contributed by atoms with Crippen LogP contribution in [0, 0.1) is 0 Å². The summed E-state index contributed by atoms with van der Waals surface area (Å²) in [6, 6.07) is 6.38. The number of alkyl halides is 3. The van der Waals surface area contributed by atoms with E-state index >= 15 is 0 Å². The third-order valence-corrected chi connectivity index (χ3v) is 3.23. The average molecular weight is 356 g/mol. The largest absolute Gasteiger partial charge is 0.484 e. The lowest BCUT2D eigenvalue weighted by Gasteiger charge is -2.12. The number of guanidine groups is 1. The molecule has 0 aliphatic rings. The minimum atomic E-state index is -4.35. The fourth-order valence-corrected chi connectivity index (χ4v) is 1.92. The first-order valence-electron chi connectivity index (χ1n) is 7.43. The summed E-state index contributed by atoms with van der Waals surface area (Å²) in [5.41, 5.74) is 0.876. The standard InChI is InChI=1S/C15H19F3N6O/c1-19-14(21-8-13-22-10-23-24(13)2)20-7-11-3-5-12(6-4-11)25-9-15(16,17)18/h3-6,10H,7-9H2,1-2H3,(H2,19,20,21). The SMILES string of the molecule is CN=C(NCc1ccc(OCC(F)(F)F)cc1)NCc1ncnn1C. The van der Waals surface area contributed by atoms with Gasteiger partial charge in [0.15, 0.2) is 12.6 Å². The highest BCUT2D eigenvalue weighted by Gasteiger charge is 2.28. The van der Waals surface area contributed by atoms with Gasteiger partial charge in [0.2, 0.25) is 0 Å². The summed E-state index contributed by atoms with van der Waals surface area (Å²) in [7, 11) is 3.43. The molecule has 0 atom stereocenters. The number of nitrogens with one attached hydrogen (secondary N) is 2. The topological polar surface area (TPSA) is 76.4 Å². The Morgan fingerprint density at radius 3 is 2.44 bits per heavy atom. The van der Waals surface area contributed by atoms with Crippen LogP contribution in [0.3, 0.4) is 0 Å². The highest BCUT2D eigenvalue weighted by atomic mass is 19.4. The molecule has 1 aromatic heterocycles. The van der Waals surface area contributed by atoms with Crippen molar-refractivity contribution in [3.8, 4) is 5.75 Å². The predicted molar refractivity (Wildman–Crippen MR) is 86.0 cm³/mol. The second-order valence-corrected chi connectivity index (χ2v) is 5.13. The van der Waals surface area contributed by atoms with Crippen molar-refractivity contribution in [1.82, 2.24) is 25.4 Å². The average Bonchev–Trinajstić information content (AvgIpc) is 2.98. The Bertz CT molecular complexity index is 696. The number of halogens is 3. The maximum atomic E-state index is 12.1. The normalized spacial score (nSPS) is 12.1. The lowest BCUT2D eigenvalue weighted by molar-refractivity contribution is -0.153. The van der Waals surface area contributed by atoms with E-state index in [9.17, 15) is 13.2 Å². The fraction of sp³-hybridized carbons (Fsp3) is 0.400. The minimum absolute atomic E-state index is 0.172. The van der Waals surface area contributed by atoms with Crippen LogP contribution in [0.5, 0.6) is 5.75 Å². The number of nitrogens with zero attached hydrogens (tertiary/aromatic N) is 4. The highest BCUT2D eigenvalue weighted by Crippen LogP contribution is 2.18. The van der Waals surface area contributed by atoms with Gasteiger partial charge >= 0.3 is 6.18 Å². The van der Waals surface area contributed by atoms with Crippen LogP contribution in [-0.2, 0) is 20.1 Å². The van der Waals surface area contributed by atoms with E-state index in [1.807, 2.05) is 0 Å². The zero-order valence-corrected chi connectivity index (χ0v) is 13.8. The van der Waals surface area contributed by atoms with Crippen LogP contribution in [0.1, 0.15) is 11.4 Å². The van der Waals surface area contributed by atoms with Crippen molar-refractivity contribution in [2.45, 2.75) is 19.3 Å². The molecule has 2 rings (SSSR count). The molecule has 1 aromatic carbocycles. The summed E-state index contributed by atoms with van der Waals surface area (Å²) in [6.07, 6.45) is -2.88. The van der Waals surface area contributed by atoms with Crippen LogP contribution in [0.4, 0.5) is 13.2 Å². The number of rotatable bonds is 6. The summed E-state index contributed by atoms with van der Waals surface area (Å²) >= 11 is 0. The van der Waals surface area contributed by atoms with Crippen molar-refractivity contribution >= 4 is 5.96 Å². The van der Waals surface area contributed by atoms with Gasteiger partial charge in [-0.1, -0.05) is 12.1 Å². The van der Waals surface area contributed by atoms with Crippen LogP contribution in [0.15, 0.2) is 35.6 Å². The van der Waals surface area contributed by atoms with Crippen molar-refractivity contribution in [3.05, 3.63) is 42.0 Å². The Balaban J connectivity index is 1.80. The van der Waals surface area contributed by atoms with Gasteiger partial charge in [-0.25, -0.2) is 4.98 Å². The molecule has 2 N–H and O–H groups in total. The highest BCUT2D eigenvalue weighted by molar-refractivity contribution is 5.79. The molecular weight excluding hydrogens is 337 g/mol. The monoisotopic (exact) mass is 356 g/mol. The second-order valence-electron chi connectivity index (χ2n) is 5.13. The van der Waals surface area contributed by atoms with E-state index in [4.69, 9.17) is 0 Å². The van der Waals surface area contributed by atoms with Gasteiger partial charge in [-0.3, -0.25) is 9.67 Å². The van der Waals surface area contributed by atoms with Crippen LogP contribution in [0.2, 0.25) is 0 Å². The van der Waals surface area contributed by atoms with Gasteiger partial charge in [0.25, 0.3) is 0 Å². The third kappa shape index (κ3) is 6.32. The van der Waals surface area contributed by atoms with Gasteiger partial charge in [-0.05, 0) is 17.7 Å². The summed E-state index contributed by atoms with van der Waals surface area (Å²) in [4.78, 5) is 8.19. The zero-order valence-electron chi connectivity index (χ0n) is 13.8. The molecule has 0 bridgehead atoms. The van der Waals surface area contributed by atoms with E-state index in [0.717, 1.165) is 11.4 Å². The molecule has 10 heteroatoms. The number of aryl methyl sites for hydroxylation is 1. The predicted octanol–water partition coefficient (Wildman–Crippen LogP) is 1.62. The molecule has 0 unspecified atom stereocenters. The second kappa shape index (κ2) is 8.36. The molecule has 136 valence electrons. The molecular formula is C15H19F3N6O. The molecule has 0 aliphatic carbocycles. The summed E-state index contributed by atoms with van der Waals surface area (Å²) in [6.45, 7) is -0.387. The minimum Gasteiger partial charge on any atom is -0.484 e. The number of benzene rings is 1. The van der Waals surface area contributed by atoms with Crippen LogP contribution >= 0.6 is 0 Å². The van der Waals surface area contributed by atoms with Gasteiger partial charge in [0.05, 0.1) is 6.54 Å². The molecule has 25 heavy (non-hydrogen) atoms. The van der Waals surface area contributed by atoms with Crippen LogP contribution < -0.4 is 15.4 Å². The van der Waals surface area contributed by atoms with Crippen LogP contribution in [0.25, 0.3) is 0 Å². The van der Waals surface area contributed by atoms with E-state index in [1.165, 1.54) is 18.5 Å². The molecule has 0 saturated heterocycles. The van der Waals surface area contributed by atoms with Crippen molar-refractivity contribution in [3.63, 3.8) is 0 Å². The van der Waals surface area contributed by atoms with Gasteiger partial charge in [0, 0.05) is 20.6 Å². The van der Waals surface area contributed by atoms with Crippen LogP contribution in [-0.4, -0.2) is 40.6 Å². The number of ether oxygens (including phenoxy) is 1. The van der Waals surface area contributed by atoms with Crippen molar-refractivity contribution in [2.75, 3.05) is 13.7 Å². The molecule has 0 radical (unpaired) electrons. The van der Waals surface area contributed by atoms with E-state index in [1.54, 1.807) is 30.9 Å². The molecule has 0 fully saturated rings. The first-order valence-corrected chi connectivity index (χ1v) is 7.43. The Morgan fingerprint density at radius 1 is 1.20 bits per heavy atom. The van der Waals surface area contributed by atoms with Gasteiger partial charge in [-0.2, -0.15) is 18.3 Å². The van der Waals surface area contributed by atoms with Crippen molar-refractivity contribution in [2.24, 2.45) is 12.0 Å². The zero-order chi connectivity index (χ0) is 18.3. The molecule has 2 aromatic rings. The summed E-state index contributed by atoms with van der Waals surface area (Å²) in [5.74, 6) is 1.50. The molecule has 0 aliphatic heterocycles. The maximum Gasteiger partial charge on any atom is 0.422 e. The summed E-state index contributed by atoms with van der Waals surface area (Å²) in [5, 5.41) is 10.2. The molecule has 0 amide bonds. The Morgan fingerprint density at radius 2 is 1.88 bits per heavy atom. The lowest BCUT2D eigenvalue weighted by Crippen LogP contribution is -2.36. The van der Waals surface area contributed by atoms with E-state index < -0.39 is 12.8 Å². The Kier molecular flexibility index (Phi) is 6.20. The first-order chi connectivity index (χ1) is 11.9. The Hall–Kier alpha value is -2.78. The van der Waals surface area contributed by atoms with Gasteiger partial charge < -0.3 is 15.4 Å². The number of aliphatic imine (C=N–C) groups is 1. The molecule has 7 nitrogen and oxygen atoms in total. The smallest absolute Gasteiger partial charge is 0.422 e. The van der Waals surface area contributed by atoms with E-state index in [-0.39, 0.29) is 5.75 Å². The van der Waals surface area contributed by atoms with E-state index in [0.29, 0.717) is 19.0 Å². The van der Waals surface area contributed by atoms with E-state index in [2.05, 4.69) is 30.4 Å². The molecule has 0 spiro atoms. The molecule has 0 saturated carbocycles. The van der Waals surface area contributed by atoms with Crippen molar-refractivity contribution in [1.29, 1.82) is 0 Å². The third-order valence-electron chi connectivity index (χ3n) is 3.23. The lowest BCUT2D eigenvalue weighted by atomic mass is 10.2.